The number of piperazine rings is 1. The lowest BCUT2D eigenvalue weighted by Gasteiger charge is -2.37. The SMILES string of the molecule is C=C/C=C(\N(C)C)N1CCN(C)CC1. The lowest BCUT2D eigenvalue weighted by molar-refractivity contribution is 0.156. The van der Waals surface area contributed by atoms with E-state index in [-0.39, 0.29) is 0 Å². The molecule has 0 unspecified atom stereocenters. The molecule has 1 saturated heterocycles. The third-order valence-electron chi connectivity index (χ3n) is 2.55. The van der Waals surface area contributed by atoms with E-state index in [0.29, 0.717) is 0 Å². The van der Waals surface area contributed by atoms with Crippen LogP contribution in [0.15, 0.2) is 24.6 Å². The maximum absolute atomic E-state index is 3.75. The average molecular weight is 195 g/mol. The van der Waals surface area contributed by atoms with Gasteiger partial charge in [0.15, 0.2) is 0 Å². The summed E-state index contributed by atoms with van der Waals surface area (Å²) in [6.07, 6.45) is 3.93. The molecule has 0 bridgehead atoms. The number of rotatable bonds is 3. The van der Waals surface area contributed by atoms with Crippen LogP contribution in [0.25, 0.3) is 0 Å². The summed E-state index contributed by atoms with van der Waals surface area (Å²) in [5.41, 5.74) is 0. The third kappa shape index (κ3) is 2.77. The average Bonchev–Trinajstić information content (AvgIpc) is 2.15. The molecule has 0 atom stereocenters. The molecule has 0 saturated carbocycles. The Balaban J connectivity index is 2.61. The van der Waals surface area contributed by atoms with Gasteiger partial charge in [0.2, 0.25) is 0 Å². The predicted octanol–water partition coefficient (Wildman–Crippen LogP) is 0.823. The van der Waals surface area contributed by atoms with Crippen molar-refractivity contribution in [2.24, 2.45) is 0 Å². The molecular weight excluding hydrogens is 174 g/mol. The fourth-order valence-corrected chi connectivity index (χ4v) is 1.68. The zero-order valence-electron chi connectivity index (χ0n) is 9.53. The van der Waals surface area contributed by atoms with Gasteiger partial charge < -0.3 is 14.7 Å². The van der Waals surface area contributed by atoms with Crippen LogP contribution in [0.2, 0.25) is 0 Å². The second-order valence-corrected chi connectivity index (χ2v) is 3.95. The lowest BCUT2D eigenvalue weighted by atomic mass is 10.3. The minimum atomic E-state index is 1.11. The van der Waals surface area contributed by atoms with Crippen molar-refractivity contribution in [1.29, 1.82) is 0 Å². The van der Waals surface area contributed by atoms with E-state index in [1.165, 1.54) is 5.82 Å². The molecule has 80 valence electrons. The van der Waals surface area contributed by atoms with Crippen LogP contribution in [-0.4, -0.2) is 62.0 Å². The van der Waals surface area contributed by atoms with Gasteiger partial charge in [-0.05, 0) is 13.1 Å². The van der Waals surface area contributed by atoms with Gasteiger partial charge in [0.05, 0.1) is 0 Å². The Kier molecular flexibility index (Phi) is 4.01. The highest BCUT2D eigenvalue weighted by Gasteiger charge is 2.16. The second kappa shape index (κ2) is 5.05. The first-order chi connectivity index (χ1) is 6.65. The van der Waals surface area contributed by atoms with E-state index in [9.17, 15) is 0 Å². The molecule has 0 aromatic rings. The highest BCUT2D eigenvalue weighted by molar-refractivity contribution is 5.08. The topological polar surface area (TPSA) is 9.72 Å². The zero-order valence-corrected chi connectivity index (χ0v) is 9.53. The summed E-state index contributed by atoms with van der Waals surface area (Å²) in [5.74, 6) is 1.26. The van der Waals surface area contributed by atoms with Crippen LogP contribution in [0.5, 0.6) is 0 Å². The van der Waals surface area contributed by atoms with Gasteiger partial charge in [-0.3, -0.25) is 0 Å². The van der Waals surface area contributed by atoms with Crippen LogP contribution >= 0.6 is 0 Å². The molecule has 0 aromatic heterocycles. The van der Waals surface area contributed by atoms with E-state index < -0.39 is 0 Å². The Morgan fingerprint density at radius 3 is 2.21 bits per heavy atom. The number of nitrogens with zero attached hydrogens (tertiary/aromatic N) is 3. The maximum Gasteiger partial charge on any atom is 0.103 e. The van der Waals surface area contributed by atoms with Crippen molar-refractivity contribution in [3.63, 3.8) is 0 Å². The van der Waals surface area contributed by atoms with Crippen LogP contribution in [-0.2, 0) is 0 Å². The molecule has 0 aliphatic carbocycles. The summed E-state index contributed by atoms with van der Waals surface area (Å²) in [6.45, 7) is 8.25. The molecule has 0 amide bonds. The van der Waals surface area contributed by atoms with Gasteiger partial charge in [0, 0.05) is 40.3 Å². The highest BCUT2D eigenvalue weighted by atomic mass is 15.3. The number of allylic oxidation sites excluding steroid dienone is 2. The largest absolute Gasteiger partial charge is 0.364 e. The standard InChI is InChI=1S/C11H21N3/c1-5-6-11(12(2)3)14-9-7-13(4)8-10-14/h5-6H,1,7-10H2,2-4H3/b11-6+. The van der Waals surface area contributed by atoms with Gasteiger partial charge in [0.1, 0.15) is 5.82 Å². The summed E-state index contributed by atoms with van der Waals surface area (Å²) < 4.78 is 0. The molecule has 1 fully saturated rings. The lowest BCUT2D eigenvalue weighted by Crippen LogP contribution is -2.46. The Morgan fingerprint density at radius 2 is 1.79 bits per heavy atom. The van der Waals surface area contributed by atoms with Gasteiger partial charge >= 0.3 is 0 Å². The summed E-state index contributed by atoms with van der Waals surface area (Å²) in [5, 5.41) is 0. The minimum absolute atomic E-state index is 1.11. The third-order valence-corrected chi connectivity index (χ3v) is 2.55. The van der Waals surface area contributed by atoms with Crippen LogP contribution in [0.3, 0.4) is 0 Å². The van der Waals surface area contributed by atoms with Gasteiger partial charge in [-0.1, -0.05) is 12.7 Å². The Bertz CT molecular complexity index is 213. The maximum atomic E-state index is 3.75. The summed E-state index contributed by atoms with van der Waals surface area (Å²) in [7, 11) is 6.32. The first kappa shape index (κ1) is 11.1. The molecule has 1 aliphatic heterocycles. The van der Waals surface area contributed by atoms with Crippen LogP contribution in [0.1, 0.15) is 0 Å². The van der Waals surface area contributed by atoms with Crippen molar-refractivity contribution in [3.05, 3.63) is 24.6 Å². The van der Waals surface area contributed by atoms with E-state index in [0.717, 1.165) is 26.2 Å². The quantitative estimate of drug-likeness (QED) is 0.617. The van der Waals surface area contributed by atoms with Gasteiger partial charge in [-0.15, -0.1) is 0 Å². The first-order valence-corrected chi connectivity index (χ1v) is 5.08. The van der Waals surface area contributed by atoms with Crippen molar-refractivity contribution < 1.29 is 0 Å². The molecule has 1 heterocycles. The first-order valence-electron chi connectivity index (χ1n) is 5.08. The predicted molar refractivity (Wildman–Crippen MR) is 61.0 cm³/mol. The molecule has 0 spiro atoms. The Labute approximate surface area is 87.3 Å². The smallest absolute Gasteiger partial charge is 0.103 e. The minimum Gasteiger partial charge on any atom is -0.364 e. The van der Waals surface area contributed by atoms with Crippen molar-refractivity contribution in [3.8, 4) is 0 Å². The van der Waals surface area contributed by atoms with Crippen molar-refractivity contribution in [1.82, 2.24) is 14.7 Å². The van der Waals surface area contributed by atoms with E-state index in [4.69, 9.17) is 0 Å². The molecule has 3 nitrogen and oxygen atoms in total. The number of hydrogen-bond acceptors (Lipinski definition) is 3. The van der Waals surface area contributed by atoms with Crippen LogP contribution < -0.4 is 0 Å². The fraction of sp³-hybridized carbons (Fsp3) is 0.636. The van der Waals surface area contributed by atoms with Crippen molar-refractivity contribution in [2.45, 2.75) is 0 Å². The molecule has 1 aliphatic rings. The summed E-state index contributed by atoms with van der Waals surface area (Å²) in [4.78, 5) is 6.91. The van der Waals surface area contributed by atoms with E-state index in [2.05, 4.69) is 48.5 Å². The van der Waals surface area contributed by atoms with Gasteiger partial charge in [-0.25, -0.2) is 0 Å². The van der Waals surface area contributed by atoms with Gasteiger partial charge in [-0.2, -0.15) is 0 Å². The van der Waals surface area contributed by atoms with Crippen LogP contribution in [0, 0.1) is 0 Å². The zero-order chi connectivity index (χ0) is 10.6. The molecule has 1 rings (SSSR count). The summed E-state index contributed by atoms with van der Waals surface area (Å²) >= 11 is 0. The van der Waals surface area contributed by atoms with Crippen molar-refractivity contribution in [2.75, 3.05) is 47.3 Å². The van der Waals surface area contributed by atoms with E-state index in [1.54, 1.807) is 0 Å². The fourth-order valence-electron chi connectivity index (χ4n) is 1.68. The molecular formula is C11H21N3. The molecule has 3 heteroatoms. The highest BCUT2D eigenvalue weighted by Crippen LogP contribution is 2.10. The van der Waals surface area contributed by atoms with Crippen LogP contribution in [0.4, 0.5) is 0 Å². The molecule has 0 radical (unpaired) electrons. The molecule has 0 N–H and O–H groups in total. The van der Waals surface area contributed by atoms with Crippen molar-refractivity contribution >= 4 is 0 Å². The normalized spacial score (nSPS) is 19.6. The van der Waals surface area contributed by atoms with E-state index in [1.807, 2.05) is 6.08 Å². The number of hydrogen-bond donors (Lipinski definition) is 0. The second-order valence-electron chi connectivity index (χ2n) is 3.95. The Hall–Kier alpha value is -0.960. The molecule has 14 heavy (non-hydrogen) atoms. The summed E-state index contributed by atoms with van der Waals surface area (Å²) in [6, 6.07) is 0. The van der Waals surface area contributed by atoms with Gasteiger partial charge in [0.25, 0.3) is 0 Å². The van der Waals surface area contributed by atoms with E-state index >= 15 is 0 Å². The number of likely N-dealkylation sites (N-methyl/N-ethyl adjacent to an activating group) is 1. The Morgan fingerprint density at radius 1 is 1.21 bits per heavy atom. The monoisotopic (exact) mass is 195 g/mol. The molecule has 0 aromatic carbocycles.